The third-order valence-corrected chi connectivity index (χ3v) is 5.65. The molecule has 0 radical (unpaired) electrons. The standard InChI is InChI=1S/C7H8N4O.C7H8N4.C6H8N2O2.C5H7N3O/c1-4-9-6-5(7(12)10-4)8-3-11(6)2;1-5-6-7(9-3-8-5)11(2)4-10-6;1-4-3-8(2)6(10)7-5(4)9;1-8-3-2-4(6)7-5(8)9/h3H,1-2H3,(H,9,10,12);3-4H,1-2H3;3H,1-2H3,(H,7,9,10);2-3H,1H3,(H2,6,7,9). The van der Waals surface area contributed by atoms with Crippen molar-refractivity contribution in [1.82, 2.24) is 58.1 Å². The van der Waals surface area contributed by atoms with Crippen molar-refractivity contribution in [3.8, 4) is 0 Å². The molecule has 0 spiro atoms. The zero-order valence-electron chi connectivity index (χ0n) is 24.1. The van der Waals surface area contributed by atoms with E-state index in [0.29, 0.717) is 22.6 Å². The number of aromatic amines is 2. The number of nitrogen functional groups attached to an aromatic ring is 1. The first-order chi connectivity index (χ1) is 19.8. The quantitative estimate of drug-likeness (QED) is 0.206. The van der Waals surface area contributed by atoms with Crippen LogP contribution in [0.15, 0.2) is 56.6 Å². The average Bonchev–Trinajstić information content (AvgIpc) is 3.50. The highest BCUT2D eigenvalue weighted by Crippen LogP contribution is 2.09. The average molecular weight is 578 g/mol. The first kappa shape index (κ1) is 30.8. The van der Waals surface area contributed by atoms with E-state index in [0.717, 1.165) is 16.9 Å². The van der Waals surface area contributed by atoms with E-state index in [1.165, 1.54) is 15.3 Å². The number of anilines is 1. The van der Waals surface area contributed by atoms with Gasteiger partial charge in [-0.05, 0) is 26.8 Å². The largest absolute Gasteiger partial charge is 0.383 e. The van der Waals surface area contributed by atoms with Gasteiger partial charge in [-0.25, -0.2) is 34.5 Å². The molecule has 6 aromatic heterocycles. The number of aromatic nitrogens is 12. The van der Waals surface area contributed by atoms with Gasteiger partial charge in [-0.15, -0.1) is 0 Å². The number of nitrogens with two attached hydrogens (primary N) is 1. The molecule has 6 rings (SSSR count). The van der Waals surface area contributed by atoms with Gasteiger partial charge < -0.3 is 29.0 Å². The predicted octanol–water partition coefficient (Wildman–Crippen LogP) is -0.619. The second kappa shape index (κ2) is 13.1. The number of hydrogen-bond acceptors (Lipinski definition) is 11. The lowest BCUT2D eigenvalue weighted by Crippen LogP contribution is -2.28. The maximum absolute atomic E-state index is 11.2. The molecule has 6 heterocycles. The molecular weight excluding hydrogens is 546 g/mol. The lowest BCUT2D eigenvalue weighted by atomic mass is 10.4. The Morgan fingerprint density at radius 2 is 1.36 bits per heavy atom. The van der Waals surface area contributed by atoms with Crippen LogP contribution in [0.3, 0.4) is 0 Å². The number of H-pyrrole nitrogens is 2. The molecule has 6 aromatic rings. The molecule has 42 heavy (non-hydrogen) atoms. The normalized spacial score (nSPS) is 10.3. The highest BCUT2D eigenvalue weighted by atomic mass is 16.2. The van der Waals surface area contributed by atoms with Crippen molar-refractivity contribution in [2.24, 2.45) is 28.2 Å². The van der Waals surface area contributed by atoms with E-state index in [2.05, 4.69) is 39.9 Å². The Labute approximate surface area is 237 Å². The van der Waals surface area contributed by atoms with Crippen molar-refractivity contribution in [1.29, 1.82) is 0 Å². The monoisotopic (exact) mass is 577 g/mol. The molecule has 0 aliphatic rings. The Bertz CT molecular complexity index is 2050. The number of nitrogens with one attached hydrogen (secondary N) is 2. The van der Waals surface area contributed by atoms with Crippen molar-refractivity contribution in [2.45, 2.75) is 20.8 Å². The summed E-state index contributed by atoms with van der Waals surface area (Å²) in [5.41, 5.74) is 8.26. The summed E-state index contributed by atoms with van der Waals surface area (Å²) in [5, 5.41) is 0. The second-order valence-electron chi connectivity index (χ2n) is 9.09. The maximum atomic E-state index is 11.2. The highest BCUT2D eigenvalue weighted by Gasteiger charge is 2.05. The van der Waals surface area contributed by atoms with Crippen molar-refractivity contribution >= 4 is 28.1 Å². The number of fused-ring (bicyclic) bond motifs is 2. The Hall–Kier alpha value is -5.74. The van der Waals surface area contributed by atoms with Gasteiger partial charge in [-0.2, -0.15) is 4.98 Å². The third kappa shape index (κ3) is 7.46. The summed E-state index contributed by atoms with van der Waals surface area (Å²) in [6.45, 7) is 5.32. The summed E-state index contributed by atoms with van der Waals surface area (Å²) >= 11 is 0. The minimum atomic E-state index is -0.379. The van der Waals surface area contributed by atoms with E-state index in [9.17, 15) is 19.2 Å². The molecule has 0 aromatic carbocycles. The fourth-order valence-corrected chi connectivity index (χ4v) is 3.36. The molecule has 0 unspecified atom stereocenters. The zero-order chi connectivity index (χ0) is 31.1. The minimum Gasteiger partial charge on any atom is -0.383 e. The predicted molar refractivity (Wildman–Crippen MR) is 156 cm³/mol. The zero-order valence-corrected chi connectivity index (χ0v) is 24.1. The molecule has 0 amide bonds. The van der Waals surface area contributed by atoms with Crippen LogP contribution < -0.4 is 28.2 Å². The number of hydrogen-bond donors (Lipinski definition) is 3. The summed E-state index contributed by atoms with van der Waals surface area (Å²) in [6, 6.07) is 1.57. The molecule has 0 saturated heterocycles. The van der Waals surface area contributed by atoms with Gasteiger partial charge in [0.25, 0.3) is 11.1 Å². The van der Waals surface area contributed by atoms with Crippen LogP contribution in [0.2, 0.25) is 0 Å². The number of imidazole rings is 2. The van der Waals surface area contributed by atoms with Gasteiger partial charge in [0.15, 0.2) is 16.8 Å². The van der Waals surface area contributed by atoms with Gasteiger partial charge in [-0.3, -0.25) is 14.6 Å². The van der Waals surface area contributed by atoms with Gasteiger partial charge in [0.1, 0.15) is 23.5 Å². The summed E-state index contributed by atoms with van der Waals surface area (Å²) in [4.78, 5) is 71.8. The molecule has 0 fully saturated rings. The van der Waals surface area contributed by atoms with Crippen LogP contribution in [0, 0.1) is 20.8 Å². The van der Waals surface area contributed by atoms with Crippen LogP contribution in [-0.4, -0.2) is 58.1 Å². The second-order valence-corrected chi connectivity index (χ2v) is 9.09. The molecule has 17 nitrogen and oxygen atoms in total. The molecule has 0 bridgehead atoms. The smallest absolute Gasteiger partial charge is 0.349 e. The molecular formula is C25H31N13O4. The molecule has 0 aliphatic heterocycles. The van der Waals surface area contributed by atoms with Crippen LogP contribution in [-0.2, 0) is 28.2 Å². The summed E-state index contributed by atoms with van der Waals surface area (Å²) in [5.74, 6) is 0.870. The van der Waals surface area contributed by atoms with E-state index < -0.39 is 0 Å². The van der Waals surface area contributed by atoms with Crippen molar-refractivity contribution in [2.75, 3.05) is 5.73 Å². The summed E-state index contributed by atoms with van der Waals surface area (Å²) in [7, 11) is 6.93. The SMILES string of the molecule is Cc1cn(C)c(=O)[nH]c1=O.Cc1nc2c(ncn2C)c(=O)[nH]1.Cc1ncnc2c1ncn2C.Cn1ccc(N)nc1=O. The summed E-state index contributed by atoms with van der Waals surface area (Å²) < 4.78 is 6.29. The van der Waals surface area contributed by atoms with Crippen LogP contribution >= 0.6 is 0 Å². The lowest BCUT2D eigenvalue weighted by molar-refractivity contribution is 0.789. The fourth-order valence-electron chi connectivity index (χ4n) is 3.36. The van der Waals surface area contributed by atoms with Gasteiger partial charge >= 0.3 is 11.4 Å². The van der Waals surface area contributed by atoms with Crippen LogP contribution in [0.5, 0.6) is 0 Å². The molecule has 220 valence electrons. The topological polar surface area (TPSA) is 223 Å². The Balaban J connectivity index is 0.000000155. The first-order valence-electron chi connectivity index (χ1n) is 12.3. The molecule has 0 atom stereocenters. The van der Waals surface area contributed by atoms with E-state index in [4.69, 9.17) is 5.73 Å². The molecule has 4 N–H and O–H groups in total. The summed E-state index contributed by atoms with van der Waals surface area (Å²) in [6.07, 6.45) is 7.95. The number of aryl methyl sites for hydroxylation is 7. The molecule has 0 saturated carbocycles. The highest BCUT2D eigenvalue weighted by molar-refractivity contribution is 5.72. The Kier molecular flexibility index (Phi) is 9.59. The van der Waals surface area contributed by atoms with Crippen LogP contribution in [0.4, 0.5) is 5.82 Å². The van der Waals surface area contributed by atoms with Crippen LogP contribution in [0.1, 0.15) is 17.1 Å². The van der Waals surface area contributed by atoms with E-state index in [1.54, 1.807) is 70.8 Å². The number of rotatable bonds is 0. The Morgan fingerprint density at radius 1 is 0.714 bits per heavy atom. The van der Waals surface area contributed by atoms with Gasteiger partial charge in [0, 0.05) is 46.1 Å². The van der Waals surface area contributed by atoms with Gasteiger partial charge in [-0.1, -0.05) is 0 Å². The van der Waals surface area contributed by atoms with Gasteiger partial charge in [0.2, 0.25) is 0 Å². The van der Waals surface area contributed by atoms with E-state index >= 15 is 0 Å². The third-order valence-electron chi connectivity index (χ3n) is 5.65. The molecule has 17 heteroatoms. The van der Waals surface area contributed by atoms with Crippen LogP contribution in [0.25, 0.3) is 22.3 Å². The van der Waals surface area contributed by atoms with E-state index in [1.807, 2.05) is 18.5 Å². The molecule has 0 aliphatic carbocycles. The van der Waals surface area contributed by atoms with Crippen molar-refractivity contribution < 1.29 is 0 Å². The van der Waals surface area contributed by atoms with E-state index in [-0.39, 0.29) is 28.3 Å². The lowest BCUT2D eigenvalue weighted by Gasteiger charge is -1.94. The van der Waals surface area contributed by atoms with Crippen molar-refractivity contribution in [3.63, 3.8) is 0 Å². The number of nitrogens with zero attached hydrogens (tertiary/aromatic N) is 10. The maximum Gasteiger partial charge on any atom is 0.349 e. The fraction of sp³-hybridized carbons (Fsp3) is 0.280. The van der Waals surface area contributed by atoms with Gasteiger partial charge in [0.05, 0.1) is 18.3 Å². The minimum absolute atomic E-state index is 0.182. The first-order valence-corrected chi connectivity index (χ1v) is 12.3. The Morgan fingerprint density at radius 3 is 1.95 bits per heavy atom. The van der Waals surface area contributed by atoms with Crippen molar-refractivity contribution in [3.05, 3.63) is 96.2 Å².